The monoisotopic (exact) mass is 456 g/mol. The zero-order valence-corrected chi connectivity index (χ0v) is 18.4. The first-order valence-corrected chi connectivity index (χ1v) is 11.4. The van der Waals surface area contributed by atoms with Crippen LogP contribution < -0.4 is 14.8 Å². The van der Waals surface area contributed by atoms with Gasteiger partial charge in [0.15, 0.2) is 0 Å². The van der Waals surface area contributed by atoms with Crippen molar-refractivity contribution in [3.8, 4) is 5.75 Å². The SMILES string of the molecule is COc1ccccc1CNS(=O)(=O)c1cc(C(=O)N[C@H](C)C2CC2)c(Cl)cc1Cl. The van der Waals surface area contributed by atoms with Crippen LogP contribution in [0.2, 0.25) is 10.0 Å². The lowest BCUT2D eigenvalue weighted by atomic mass is 10.1. The standard InChI is InChI=1S/C20H22Cl2N2O4S/c1-12(13-7-8-13)24-20(25)15-9-19(17(22)10-16(15)21)29(26,27)23-11-14-5-3-4-6-18(14)28-2/h3-6,9-10,12-13,23H,7-8,11H2,1-2H3,(H,24,25)/t12-/m1/s1. The van der Waals surface area contributed by atoms with Crippen molar-refractivity contribution >= 4 is 39.1 Å². The average Bonchev–Trinajstić information content (AvgIpc) is 3.51. The summed E-state index contributed by atoms with van der Waals surface area (Å²) >= 11 is 12.3. The Kier molecular flexibility index (Phi) is 6.73. The number of hydrogen-bond donors (Lipinski definition) is 2. The predicted molar refractivity (Wildman–Crippen MR) is 113 cm³/mol. The highest BCUT2D eigenvalue weighted by atomic mass is 35.5. The van der Waals surface area contributed by atoms with Crippen LogP contribution in [0.3, 0.4) is 0 Å². The summed E-state index contributed by atoms with van der Waals surface area (Å²) in [4.78, 5) is 12.4. The van der Waals surface area contributed by atoms with Crippen LogP contribution in [0.25, 0.3) is 0 Å². The van der Waals surface area contributed by atoms with E-state index in [1.54, 1.807) is 24.3 Å². The first-order chi connectivity index (χ1) is 13.7. The predicted octanol–water partition coefficient (Wildman–Crippen LogP) is 4.01. The van der Waals surface area contributed by atoms with Gasteiger partial charge in [0.2, 0.25) is 10.0 Å². The molecule has 2 aromatic rings. The lowest BCUT2D eigenvalue weighted by molar-refractivity contribution is 0.0936. The highest BCUT2D eigenvalue weighted by Crippen LogP contribution is 2.33. The number of methoxy groups -OCH3 is 1. The fourth-order valence-corrected chi connectivity index (χ4v) is 4.87. The van der Waals surface area contributed by atoms with Gasteiger partial charge in [-0.05, 0) is 43.9 Å². The van der Waals surface area contributed by atoms with Gasteiger partial charge < -0.3 is 10.1 Å². The molecule has 1 aliphatic rings. The summed E-state index contributed by atoms with van der Waals surface area (Å²) in [6, 6.07) is 9.55. The molecular weight excluding hydrogens is 435 g/mol. The van der Waals surface area contributed by atoms with Crippen LogP contribution >= 0.6 is 23.2 Å². The van der Waals surface area contributed by atoms with Gasteiger partial charge in [0, 0.05) is 18.2 Å². The molecule has 2 aromatic carbocycles. The van der Waals surface area contributed by atoms with Gasteiger partial charge in [-0.25, -0.2) is 13.1 Å². The van der Waals surface area contributed by atoms with Gasteiger partial charge in [0.05, 0.1) is 22.7 Å². The fraction of sp³-hybridized carbons (Fsp3) is 0.350. The van der Waals surface area contributed by atoms with Gasteiger partial charge in [0.1, 0.15) is 10.6 Å². The van der Waals surface area contributed by atoms with Crippen LogP contribution in [-0.4, -0.2) is 27.5 Å². The molecule has 1 fully saturated rings. The molecule has 0 radical (unpaired) electrons. The third-order valence-corrected chi connectivity index (χ3v) is 7.07. The quantitative estimate of drug-likeness (QED) is 0.628. The third kappa shape index (κ3) is 5.22. The number of carbonyl (C=O) groups excluding carboxylic acids is 1. The van der Waals surface area contributed by atoms with Crippen molar-refractivity contribution in [2.24, 2.45) is 5.92 Å². The van der Waals surface area contributed by atoms with Crippen molar-refractivity contribution in [3.63, 3.8) is 0 Å². The van der Waals surface area contributed by atoms with Crippen LogP contribution in [-0.2, 0) is 16.6 Å². The van der Waals surface area contributed by atoms with Gasteiger partial charge in [-0.15, -0.1) is 0 Å². The van der Waals surface area contributed by atoms with Crippen molar-refractivity contribution in [1.82, 2.24) is 10.0 Å². The molecule has 0 aliphatic heterocycles. The minimum Gasteiger partial charge on any atom is -0.496 e. The topological polar surface area (TPSA) is 84.5 Å². The molecule has 0 heterocycles. The van der Waals surface area contributed by atoms with Gasteiger partial charge >= 0.3 is 0 Å². The number of para-hydroxylation sites is 1. The van der Waals surface area contributed by atoms with E-state index in [4.69, 9.17) is 27.9 Å². The maximum Gasteiger partial charge on any atom is 0.253 e. The number of carbonyl (C=O) groups is 1. The number of rotatable bonds is 8. The highest BCUT2D eigenvalue weighted by molar-refractivity contribution is 7.89. The second kappa shape index (κ2) is 8.92. The summed E-state index contributed by atoms with van der Waals surface area (Å²) in [7, 11) is -2.48. The molecule has 1 saturated carbocycles. The summed E-state index contributed by atoms with van der Waals surface area (Å²) in [5, 5.41) is 2.91. The number of halogens is 2. The normalized spacial score (nSPS) is 15.0. The van der Waals surface area contributed by atoms with Crippen LogP contribution in [0.4, 0.5) is 0 Å². The van der Waals surface area contributed by atoms with E-state index in [1.165, 1.54) is 19.2 Å². The number of nitrogens with one attached hydrogen (secondary N) is 2. The molecule has 6 nitrogen and oxygen atoms in total. The van der Waals surface area contributed by atoms with E-state index >= 15 is 0 Å². The molecule has 9 heteroatoms. The lowest BCUT2D eigenvalue weighted by Gasteiger charge is -2.15. The van der Waals surface area contributed by atoms with E-state index in [1.807, 2.05) is 6.92 Å². The minimum absolute atomic E-state index is 0.00188. The average molecular weight is 457 g/mol. The molecule has 0 aromatic heterocycles. The molecule has 1 aliphatic carbocycles. The summed E-state index contributed by atoms with van der Waals surface area (Å²) in [5.41, 5.74) is 0.737. The maximum atomic E-state index is 12.8. The van der Waals surface area contributed by atoms with Crippen molar-refractivity contribution in [2.45, 2.75) is 37.2 Å². The Bertz CT molecular complexity index is 1020. The van der Waals surface area contributed by atoms with Crippen molar-refractivity contribution in [3.05, 3.63) is 57.6 Å². The van der Waals surface area contributed by atoms with Crippen molar-refractivity contribution in [2.75, 3.05) is 7.11 Å². The molecule has 0 unspecified atom stereocenters. The summed E-state index contributed by atoms with van der Waals surface area (Å²) in [6.07, 6.45) is 2.14. The molecule has 0 spiro atoms. The first kappa shape index (κ1) is 21.9. The fourth-order valence-electron chi connectivity index (χ4n) is 3.01. The molecule has 0 saturated heterocycles. The van der Waals surface area contributed by atoms with Crippen LogP contribution in [0.15, 0.2) is 41.3 Å². The molecule has 1 amide bonds. The second-order valence-corrected chi connectivity index (χ2v) is 9.55. The third-order valence-electron chi connectivity index (χ3n) is 4.89. The van der Waals surface area contributed by atoms with E-state index in [0.717, 1.165) is 12.8 Å². The highest BCUT2D eigenvalue weighted by Gasteiger charge is 2.30. The molecule has 2 N–H and O–H groups in total. The summed E-state index contributed by atoms with van der Waals surface area (Å²) in [6.45, 7) is 1.93. The van der Waals surface area contributed by atoms with E-state index < -0.39 is 15.9 Å². The maximum absolute atomic E-state index is 12.8. The van der Waals surface area contributed by atoms with Gasteiger partial charge in [-0.3, -0.25) is 4.79 Å². The number of hydrogen-bond acceptors (Lipinski definition) is 4. The molecular formula is C20H22Cl2N2O4S. The van der Waals surface area contributed by atoms with Gasteiger partial charge in [-0.1, -0.05) is 41.4 Å². The Hall–Kier alpha value is -1.80. The van der Waals surface area contributed by atoms with E-state index in [-0.39, 0.29) is 33.1 Å². The number of ether oxygens (including phenoxy) is 1. The smallest absolute Gasteiger partial charge is 0.253 e. The Morgan fingerprint density at radius 2 is 1.90 bits per heavy atom. The Balaban J connectivity index is 1.83. The number of amides is 1. The number of sulfonamides is 1. The summed E-state index contributed by atoms with van der Waals surface area (Å²) < 4.78 is 33.4. The molecule has 0 bridgehead atoms. The van der Waals surface area contributed by atoms with E-state index in [9.17, 15) is 13.2 Å². The van der Waals surface area contributed by atoms with E-state index in [0.29, 0.717) is 17.2 Å². The minimum atomic E-state index is -4.00. The van der Waals surface area contributed by atoms with Gasteiger partial charge in [-0.2, -0.15) is 0 Å². The largest absolute Gasteiger partial charge is 0.496 e. The first-order valence-electron chi connectivity index (χ1n) is 9.14. The Morgan fingerprint density at radius 3 is 2.55 bits per heavy atom. The zero-order chi connectivity index (χ0) is 21.2. The van der Waals surface area contributed by atoms with Gasteiger partial charge in [0.25, 0.3) is 5.91 Å². The Labute approximate surface area is 180 Å². The molecule has 156 valence electrons. The zero-order valence-electron chi connectivity index (χ0n) is 16.0. The molecule has 1 atom stereocenters. The van der Waals surface area contributed by atoms with Crippen LogP contribution in [0.5, 0.6) is 5.75 Å². The summed E-state index contributed by atoms with van der Waals surface area (Å²) in [5.74, 6) is 0.592. The molecule has 29 heavy (non-hydrogen) atoms. The van der Waals surface area contributed by atoms with Crippen LogP contribution in [0.1, 0.15) is 35.7 Å². The Morgan fingerprint density at radius 1 is 1.21 bits per heavy atom. The van der Waals surface area contributed by atoms with E-state index in [2.05, 4.69) is 10.0 Å². The number of benzene rings is 2. The second-order valence-electron chi connectivity index (χ2n) is 7.00. The van der Waals surface area contributed by atoms with Crippen molar-refractivity contribution < 1.29 is 17.9 Å². The van der Waals surface area contributed by atoms with Crippen molar-refractivity contribution in [1.29, 1.82) is 0 Å². The van der Waals surface area contributed by atoms with Crippen LogP contribution in [0, 0.1) is 5.92 Å². The lowest BCUT2D eigenvalue weighted by Crippen LogP contribution is -2.34. The molecule has 3 rings (SSSR count).